The predicted molar refractivity (Wildman–Crippen MR) is 62.4 cm³/mol. The van der Waals surface area contributed by atoms with E-state index in [4.69, 9.17) is 4.74 Å². The molecule has 1 aromatic carbocycles. The van der Waals surface area contributed by atoms with Crippen LogP contribution in [0.4, 0.5) is 0 Å². The SMILES string of the molecule is COC(=O)CC[C@@H](C(=O)OC)c1ccccc1. The van der Waals surface area contributed by atoms with Gasteiger partial charge >= 0.3 is 11.9 Å². The molecule has 17 heavy (non-hydrogen) atoms. The summed E-state index contributed by atoms with van der Waals surface area (Å²) in [5, 5.41) is 0. The number of ether oxygens (including phenoxy) is 2. The first-order valence-electron chi connectivity index (χ1n) is 5.38. The van der Waals surface area contributed by atoms with Gasteiger partial charge in [-0.2, -0.15) is 0 Å². The number of benzene rings is 1. The molecule has 1 rings (SSSR count). The average Bonchev–Trinajstić information content (AvgIpc) is 2.39. The van der Waals surface area contributed by atoms with E-state index in [9.17, 15) is 9.59 Å². The molecule has 0 heterocycles. The Balaban J connectivity index is 2.75. The molecule has 1 atom stereocenters. The third-order valence-corrected chi connectivity index (χ3v) is 2.55. The van der Waals surface area contributed by atoms with Crippen LogP contribution in [0.3, 0.4) is 0 Å². The standard InChI is InChI=1S/C13H16O4/c1-16-12(14)9-8-11(13(15)17-2)10-6-4-3-5-7-10/h3-7,11H,8-9H2,1-2H3/t11-/m1/s1. The lowest BCUT2D eigenvalue weighted by atomic mass is 9.94. The number of carbonyl (C=O) groups excluding carboxylic acids is 2. The largest absolute Gasteiger partial charge is 0.469 e. The monoisotopic (exact) mass is 236 g/mol. The zero-order valence-electron chi connectivity index (χ0n) is 10.0. The molecule has 4 heteroatoms. The second-order valence-electron chi connectivity index (χ2n) is 3.60. The summed E-state index contributed by atoms with van der Waals surface area (Å²) in [6.45, 7) is 0. The topological polar surface area (TPSA) is 52.6 Å². The highest BCUT2D eigenvalue weighted by Crippen LogP contribution is 2.22. The number of hydrogen-bond donors (Lipinski definition) is 0. The molecule has 0 N–H and O–H groups in total. The molecule has 0 aliphatic carbocycles. The summed E-state index contributed by atoms with van der Waals surface area (Å²) in [6, 6.07) is 9.27. The van der Waals surface area contributed by atoms with Gasteiger partial charge in [-0.1, -0.05) is 30.3 Å². The highest BCUT2D eigenvalue weighted by molar-refractivity contribution is 5.79. The molecule has 0 spiro atoms. The van der Waals surface area contributed by atoms with Crippen LogP contribution in [-0.4, -0.2) is 26.2 Å². The number of hydrogen-bond acceptors (Lipinski definition) is 4. The van der Waals surface area contributed by atoms with E-state index in [-0.39, 0.29) is 18.4 Å². The van der Waals surface area contributed by atoms with Crippen molar-refractivity contribution in [3.8, 4) is 0 Å². The molecule has 0 bridgehead atoms. The van der Waals surface area contributed by atoms with E-state index in [1.165, 1.54) is 14.2 Å². The van der Waals surface area contributed by atoms with Crippen LogP contribution in [0.15, 0.2) is 30.3 Å². The van der Waals surface area contributed by atoms with Crippen molar-refractivity contribution in [3.63, 3.8) is 0 Å². The average molecular weight is 236 g/mol. The molecule has 0 amide bonds. The maximum atomic E-state index is 11.6. The Hall–Kier alpha value is -1.84. The van der Waals surface area contributed by atoms with E-state index in [1.54, 1.807) is 0 Å². The molecular formula is C13H16O4. The van der Waals surface area contributed by atoms with Gasteiger partial charge in [0.05, 0.1) is 20.1 Å². The third kappa shape index (κ3) is 3.90. The van der Waals surface area contributed by atoms with Crippen LogP contribution in [0.25, 0.3) is 0 Å². The summed E-state index contributed by atoms with van der Waals surface area (Å²) in [4.78, 5) is 22.7. The van der Waals surface area contributed by atoms with Gasteiger partial charge in [0.1, 0.15) is 0 Å². The maximum absolute atomic E-state index is 11.6. The molecule has 0 saturated carbocycles. The van der Waals surface area contributed by atoms with Crippen LogP contribution in [0.1, 0.15) is 24.3 Å². The Labute approximate surface area is 101 Å². The van der Waals surface area contributed by atoms with Crippen molar-refractivity contribution in [3.05, 3.63) is 35.9 Å². The van der Waals surface area contributed by atoms with Gasteiger partial charge in [0.25, 0.3) is 0 Å². The summed E-state index contributed by atoms with van der Waals surface area (Å²) in [5.41, 5.74) is 0.850. The van der Waals surface area contributed by atoms with E-state index < -0.39 is 5.92 Å². The number of rotatable bonds is 5. The smallest absolute Gasteiger partial charge is 0.313 e. The molecule has 92 valence electrons. The summed E-state index contributed by atoms with van der Waals surface area (Å²) < 4.78 is 9.30. The fourth-order valence-corrected chi connectivity index (χ4v) is 1.61. The van der Waals surface area contributed by atoms with Gasteiger partial charge < -0.3 is 9.47 Å². The van der Waals surface area contributed by atoms with Crippen molar-refractivity contribution >= 4 is 11.9 Å². The minimum absolute atomic E-state index is 0.200. The Morgan fingerprint density at radius 3 is 2.29 bits per heavy atom. The van der Waals surface area contributed by atoms with Gasteiger partial charge in [-0.25, -0.2) is 0 Å². The first-order valence-corrected chi connectivity index (χ1v) is 5.38. The highest BCUT2D eigenvalue weighted by atomic mass is 16.5. The lowest BCUT2D eigenvalue weighted by Gasteiger charge is -2.14. The number of esters is 2. The molecule has 0 saturated heterocycles. The molecule has 0 aliphatic heterocycles. The van der Waals surface area contributed by atoms with Gasteiger partial charge in [-0.15, -0.1) is 0 Å². The normalized spacial score (nSPS) is 11.6. The molecular weight excluding hydrogens is 220 g/mol. The van der Waals surface area contributed by atoms with E-state index >= 15 is 0 Å². The van der Waals surface area contributed by atoms with Crippen molar-refractivity contribution in [2.75, 3.05) is 14.2 Å². The molecule has 0 aliphatic rings. The summed E-state index contributed by atoms with van der Waals surface area (Å²) in [5.74, 6) is -1.07. The quantitative estimate of drug-likeness (QED) is 0.733. The molecule has 0 radical (unpaired) electrons. The molecule has 4 nitrogen and oxygen atoms in total. The first-order chi connectivity index (χ1) is 8.19. The van der Waals surface area contributed by atoms with Crippen LogP contribution in [0.5, 0.6) is 0 Å². The van der Waals surface area contributed by atoms with Crippen molar-refractivity contribution in [1.29, 1.82) is 0 Å². The Morgan fingerprint density at radius 1 is 1.12 bits per heavy atom. The van der Waals surface area contributed by atoms with Crippen LogP contribution in [0.2, 0.25) is 0 Å². The molecule has 0 fully saturated rings. The van der Waals surface area contributed by atoms with Crippen molar-refractivity contribution in [2.45, 2.75) is 18.8 Å². The molecule has 0 unspecified atom stereocenters. The second kappa shape index (κ2) is 6.68. The van der Waals surface area contributed by atoms with Crippen molar-refractivity contribution < 1.29 is 19.1 Å². The van der Waals surface area contributed by atoms with Crippen molar-refractivity contribution in [1.82, 2.24) is 0 Å². The highest BCUT2D eigenvalue weighted by Gasteiger charge is 2.22. The third-order valence-electron chi connectivity index (χ3n) is 2.55. The fourth-order valence-electron chi connectivity index (χ4n) is 1.61. The summed E-state index contributed by atoms with van der Waals surface area (Å²) in [6.07, 6.45) is 0.592. The van der Waals surface area contributed by atoms with E-state index in [2.05, 4.69) is 4.74 Å². The van der Waals surface area contributed by atoms with Crippen LogP contribution >= 0.6 is 0 Å². The predicted octanol–water partition coefficient (Wildman–Crippen LogP) is 1.90. The van der Waals surface area contributed by atoms with Gasteiger partial charge in [0.15, 0.2) is 0 Å². The minimum atomic E-state index is -0.416. The Morgan fingerprint density at radius 2 is 1.76 bits per heavy atom. The van der Waals surface area contributed by atoms with E-state index in [0.29, 0.717) is 6.42 Å². The zero-order valence-corrected chi connectivity index (χ0v) is 10.0. The summed E-state index contributed by atoms with van der Waals surface area (Å²) >= 11 is 0. The minimum Gasteiger partial charge on any atom is -0.469 e. The lowest BCUT2D eigenvalue weighted by molar-refractivity contribution is -0.143. The lowest BCUT2D eigenvalue weighted by Crippen LogP contribution is -2.16. The summed E-state index contributed by atoms with van der Waals surface area (Å²) in [7, 11) is 2.68. The van der Waals surface area contributed by atoms with Crippen molar-refractivity contribution in [2.24, 2.45) is 0 Å². The van der Waals surface area contributed by atoms with E-state index in [1.807, 2.05) is 30.3 Å². The van der Waals surface area contributed by atoms with Gasteiger partial charge in [-0.05, 0) is 12.0 Å². The Kier molecular flexibility index (Phi) is 5.20. The van der Waals surface area contributed by atoms with Gasteiger partial charge in [-0.3, -0.25) is 9.59 Å². The molecule has 0 aromatic heterocycles. The Bertz CT molecular complexity index is 372. The van der Waals surface area contributed by atoms with Gasteiger partial charge in [0, 0.05) is 6.42 Å². The molecule has 1 aromatic rings. The number of carbonyl (C=O) groups is 2. The van der Waals surface area contributed by atoms with E-state index in [0.717, 1.165) is 5.56 Å². The first kappa shape index (κ1) is 13.2. The van der Waals surface area contributed by atoms with Crippen LogP contribution in [0, 0.1) is 0 Å². The maximum Gasteiger partial charge on any atom is 0.313 e. The fraction of sp³-hybridized carbons (Fsp3) is 0.385. The number of methoxy groups -OCH3 is 2. The second-order valence-corrected chi connectivity index (χ2v) is 3.60. The van der Waals surface area contributed by atoms with Gasteiger partial charge in [0.2, 0.25) is 0 Å². The van der Waals surface area contributed by atoms with Crippen LogP contribution in [-0.2, 0) is 19.1 Å². The zero-order chi connectivity index (χ0) is 12.7. The van der Waals surface area contributed by atoms with Crippen LogP contribution < -0.4 is 0 Å².